The Morgan fingerprint density at radius 3 is 1.10 bits per heavy atom. The summed E-state index contributed by atoms with van der Waals surface area (Å²) in [6.45, 7) is 28.5. The second-order valence-corrected chi connectivity index (χ2v) is 17.2. The van der Waals surface area contributed by atoms with Gasteiger partial charge in [0.2, 0.25) is 0 Å². The highest BCUT2D eigenvalue weighted by molar-refractivity contribution is 7.51. The van der Waals surface area contributed by atoms with Crippen LogP contribution >= 0.6 is 24.4 Å². The molecule has 0 aliphatic carbocycles. The van der Waals surface area contributed by atoms with Crippen molar-refractivity contribution < 1.29 is 13.6 Å². The van der Waals surface area contributed by atoms with Gasteiger partial charge < -0.3 is 13.6 Å². The summed E-state index contributed by atoms with van der Waals surface area (Å²) < 4.78 is 18.6. The van der Waals surface area contributed by atoms with Crippen LogP contribution in [0.4, 0.5) is 0 Å². The zero-order valence-corrected chi connectivity index (χ0v) is 29.6. The van der Waals surface area contributed by atoms with Gasteiger partial charge in [-0.1, -0.05) is 25.1 Å². The van der Waals surface area contributed by atoms with Crippen molar-refractivity contribution in [3.63, 3.8) is 0 Å². The van der Waals surface area contributed by atoms with E-state index in [-0.39, 0.29) is 5.92 Å². The molecule has 3 aromatic rings. The normalized spacial score (nSPS) is 12.5. The SMILES string of the molecule is Cc1cc(C(C)CC(c2cc(C)c(OP(C)C)cc2C)c2cc(C)c(OP(C)C)cc2C)c(C)cc1OP(C)C. The van der Waals surface area contributed by atoms with Crippen molar-refractivity contribution in [2.75, 3.05) is 40.0 Å². The first-order valence-corrected chi connectivity index (χ1v) is 20.5. The van der Waals surface area contributed by atoms with Gasteiger partial charge in [-0.25, -0.2) is 0 Å². The van der Waals surface area contributed by atoms with E-state index in [4.69, 9.17) is 13.6 Å². The summed E-state index contributed by atoms with van der Waals surface area (Å²) in [7, 11) is -1.41. The predicted octanol–water partition coefficient (Wildman–Crippen LogP) is 11.0. The molecule has 0 heterocycles. The lowest BCUT2D eigenvalue weighted by Gasteiger charge is -2.28. The Kier molecular flexibility index (Phi) is 11.5. The molecule has 3 nitrogen and oxygen atoms in total. The van der Waals surface area contributed by atoms with Crippen LogP contribution in [0.5, 0.6) is 17.2 Å². The Bertz CT molecular complexity index is 1270. The van der Waals surface area contributed by atoms with Crippen molar-refractivity contribution >= 4 is 24.4 Å². The monoisotopic (exact) mass is 598 g/mol. The summed E-state index contributed by atoms with van der Waals surface area (Å²) in [6, 6.07) is 13.8. The van der Waals surface area contributed by atoms with Gasteiger partial charge >= 0.3 is 0 Å². The second kappa shape index (κ2) is 14.0. The molecule has 3 aromatic carbocycles. The fourth-order valence-corrected chi connectivity index (χ4v) is 7.28. The summed E-state index contributed by atoms with van der Waals surface area (Å²) in [5.74, 6) is 3.65. The molecule has 1 unspecified atom stereocenters. The van der Waals surface area contributed by atoms with E-state index in [0.717, 1.165) is 23.7 Å². The van der Waals surface area contributed by atoms with Crippen molar-refractivity contribution in [1.82, 2.24) is 0 Å². The van der Waals surface area contributed by atoms with Crippen LogP contribution < -0.4 is 13.6 Å². The smallest absolute Gasteiger partial charge is 0.126 e. The lowest BCUT2D eigenvalue weighted by molar-refractivity contribution is 0.591. The van der Waals surface area contributed by atoms with E-state index in [1.165, 1.54) is 50.1 Å². The van der Waals surface area contributed by atoms with E-state index >= 15 is 0 Å². The molecule has 0 bridgehead atoms. The molecule has 1 atom stereocenters. The first kappa shape index (κ1) is 32.9. The predicted molar refractivity (Wildman–Crippen MR) is 181 cm³/mol. The molecule has 218 valence electrons. The number of aryl methyl sites for hydroxylation is 6. The third-order valence-electron chi connectivity index (χ3n) is 7.40. The lowest BCUT2D eigenvalue weighted by atomic mass is 9.77. The largest absolute Gasteiger partial charge is 0.474 e. The Morgan fingerprint density at radius 1 is 0.475 bits per heavy atom. The van der Waals surface area contributed by atoms with Gasteiger partial charge in [0.25, 0.3) is 0 Å². The molecule has 0 fully saturated rings. The van der Waals surface area contributed by atoms with Crippen LogP contribution in [-0.2, 0) is 0 Å². The zero-order valence-electron chi connectivity index (χ0n) is 26.9. The first-order chi connectivity index (χ1) is 18.7. The minimum absolute atomic E-state index is 0.250. The van der Waals surface area contributed by atoms with Gasteiger partial charge in [0.15, 0.2) is 0 Å². The average molecular weight is 599 g/mol. The van der Waals surface area contributed by atoms with E-state index in [1.54, 1.807) is 0 Å². The molecule has 0 aromatic heterocycles. The topological polar surface area (TPSA) is 27.7 Å². The molecule has 40 heavy (non-hydrogen) atoms. The molecule has 6 heteroatoms. The fraction of sp³-hybridized carbons (Fsp3) is 0.471. The molecule has 3 rings (SSSR count). The van der Waals surface area contributed by atoms with Gasteiger partial charge in [0, 0.05) is 5.92 Å². The van der Waals surface area contributed by atoms with Gasteiger partial charge in [-0.2, -0.15) is 0 Å². The van der Waals surface area contributed by atoms with Crippen LogP contribution in [-0.4, -0.2) is 40.0 Å². The average Bonchev–Trinajstić information content (AvgIpc) is 2.83. The minimum atomic E-state index is -0.476. The van der Waals surface area contributed by atoms with E-state index in [1.807, 2.05) is 0 Å². The maximum atomic E-state index is 6.22. The molecule has 0 aliphatic rings. The quantitative estimate of drug-likeness (QED) is 0.206. The van der Waals surface area contributed by atoms with E-state index < -0.39 is 24.4 Å². The highest BCUT2D eigenvalue weighted by Crippen LogP contribution is 2.44. The Hall–Kier alpha value is -1.65. The third kappa shape index (κ3) is 8.22. The highest BCUT2D eigenvalue weighted by atomic mass is 31.1. The van der Waals surface area contributed by atoms with Crippen LogP contribution in [0.2, 0.25) is 0 Å². The van der Waals surface area contributed by atoms with Crippen molar-refractivity contribution in [3.8, 4) is 17.2 Å². The highest BCUT2D eigenvalue weighted by Gasteiger charge is 2.25. The molecular weight excluding hydrogens is 549 g/mol. The summed E-state index contributed by atoms with van der Waals surface area (Å²) in [4.78, 5) is 0. The van der Waals surface area contributed by atoms with Gasteiger partial charge in [0.05, 0.1) is 24.4 Å². The molecule has 0 radical (unpaired) electrons. The molecule has 0 amide bonds. The van der Waals surface area contributed by atoms with Crippen LogP contribution in [0.15, 0.2) is 36.4 Å². The second-order valence-electron chi connectivity index (χ2n) is 11.8. The summed E-state index contributed by atoms with van der Waals surface area (Å²) in [5.41, 5.74) is 11.7. The molecule has 0 saturated heterocycles. The van der Waals surface area contributed by atoms with E-state index in [9.17, 15) is 0 Å². The van der Waals surface area contributed by atoms with E-state index in [2.05, 4.69) is 125 Å². The van der Waals surface area contributed by atoms with Crippen molar-refractivity contribution in [2.45, 2.75) is 66.7 Å². The fourth-order valence-electron chi connectivity index (χ4n) is 5.50. The van der Waals surface area contributed by atoms with Gasteiger partial charge in [-0.3, -0.25) is 0 Å². The van der Waals surface area contributed by atoms with Crippen LogP contribution in [0.1, 0.15) is 75.3 Å². The van der Waals surface area contributed by atoms with Crippen molar-refractivity contribution in [3.05, 3.63) is 86.5 Å². The van der Waals surface area contributed by atoms with E-state index in [0.29, 0.717) is 5.92 Å². The Labute approximate surface area is 247 Å². The third-order valence-corrected chi connectivity index (χ3v) is 9.09. The standard InChI is InChI=1S/C34H49O3P3/c1-21(28-15-25(5)32(18-22(28)2)35-38(8)9)14-31(29-16-26(6)33(19-23(29)3)36-39(10)11)30-17-27(7)34(20-24(30)4)37-40(12)13/h15-21,31H,14H2,1-13H3. The first-order valence-electron chi connectivity index (χ1n) is 14.1. The molecule has 0 aliphatic heterocycles. The summed E-state index contributed by atoms with van der Waals surface area (Å²) >= 11 is 0. The summed E-state index contributed by atoms with van der Waals surface area (Å²) in [6.07, 6.45) is 1.01. The number of benzene rings is 3. The number of rotatable bonds is 11. The maximum Gasteiger partial charge on any atom is 0.126 e. The van der Waals surface area contributed by atoms with Crippen LogP contribution in [0, 0.1) is 41.5 Å². The summed E-state index contributed by atoms with van der Waals surface area (Å²) in [5, 5.41) is 0. The zero-order chi connectivity index (χ0) is 29.9. The molecule has 0 spiro atoms. The van der Waals surface area contributed by atoms with Crippen molar-refractivity contribution in [2.24, 2.45) is 0 Å². The lowest BCUT2D eigenvalue weighted by Crippen LogP contribution is -2.11. The maximum absolute atomic E-state index is 6.22. The minimum Gasteiger partial charge on any atom is -0.474 e. The van der Waals surface area contributed by atoms with Gasteiger partial charge in [-0.15, -0.1) is 0 Å². The van der Waals surface area contributed by atoms with Gasteiger partial charge in [-0.05, 0) is 162 Å². The molecular formula is C34H49O3P3. The molecule has 0 N–H and O–H groups in total. The number of hydrogen-bond donors (Lipinski definition) is 0. The van der Waals surface area contributed by atoms with Crippen LogP contribution in [0.3, 0.4) is 0 Å². The Balaban J connectivity index is 2.12. The number of hydrogen-bond acceptors (Lipinski definition) is 3. The Morgan fingerprint density at radius 2 is 0.775 bits per heavy atom. The van der Waals surface area contributed by atoms with Gasteiger partial charge in [0.1, 0.15) is 17.2 Å². The van der Waals surface area contributed by atoms with Crippen molar-refractivity contribution in [1.29, 1.82) is 0 Å². The van der Waals surface area contributed by atoms with Crippen LogP contribution in [0.25, 0.3) is 0 Å². The molecule has 0 saturated carbocycles.